The Morgan fingerprint density at radius 1 is 0.811 bits per heavy atom. The number of benzene rings is 2. The lowest BCUT2D eigenvalue weighted by Gasteiger charge is -2.35. The van der Waals surface area contributed by atoms with Crippen LogP contribution in [0.25, 0.3) is 0 Å². The second-order valence-corrected chi connectivity index (χ2v) is 9.23. The number of likely N-dealkylation sites (tertiary alicyclic amines) is 1. The van der Waals surface area contributed by atoms with Gasteiger partial charge in [0, 0.05) is 25.4 Å². The standard InChI is InChI=1S/C29H39NO7/c1-33-24-13-12-20(15-25(24)34-2)9-8-11-23(31)19-22-10-6-7-14-30(22)28(32)18-21-16-26(35-3)29(37-5)27(17-21)36-4/h12-13,15-17,22H,6-11,14,18-19H2,1-5H3/t22-/m0/s1. The molecule has 1 fully saturated rings. The van der Waals surface area contributed by atoms with Gasteiger partial charge in [0.15, 0.2) is 23.0 Å². The van der Waals surface area contributed by atoms with Gasteiger partial charge in [-0.15, -0.1) is 0 Å². The van der Waals surface area contributed by atoms with Gasteiger partial charge in [0.2, 0.25) is 11.7 Å². The third-order valence-corrected chi connectivity index (χ3v) is 6.86. The number of Topliss-reactive ketones (excluding diaryl/α,β-unsaturated/α-hetero) is 1. The molecular weight excluding hydrogens is 474 g/mol. The molecule has 1 amide bonds. The highest BCUT2D eigenvalue weighted by Crippen LogP contribution is 2.38. The third kappa shape index (κ3) is 7.31. The summed E-state index contributed by atoms with van der Waals surface area (Å²) in [5.41, 5.74) is 1.88. The van der Waals surface area contributed by atoms with Crippen molar-refractivity contribution >= 4 is 11.7 Å². The number of carbonyl (C=O) groups is 2. The summed E-state index contributed by atoms with van der Waals surface area (Å²) in [6.45, 7) is 0.673. The summed E-state index contributed by atoms with van der Waals surface area (Å²) in [5, 5.41) is 0. The molecule has 0 aliphatic carbocycles. The van der Waals surface area contributed by atoms with Gasteiger partial charge in [0.1, 0.15) is 5.78 Å². The van der Waals surface area contributed by atoms with E-state index in [1.54, 1.807) is 47.7 Å². The van der Waals surface area contributed by atoms with Gasteiger partial charge in [-0.1, -0.05) is 6.07 Å². The number of ether oxygens (including phenoxy) is 5. The van der Waals surface area contributed by atoms with E-state index in [1.165, 1.54) is 0 Å². The fourth-order valence-electron chi connectivity index (χ4n) is 4.95. The number of nitrogens with zero attached hydrogens (tertiary/aromatic N) is 1. The first-order chi connectivity index (χ1) is 17.9. The number of carbonyl (C=O) groups excluding carboxylic acids is 2. The summed E-state index contributed by atoms with van der Waals surface area (Å²) in [7, 11) is 7.89. The molecule has 2 aromatic rings. The topological polar surface area (TPSA) is 83.5 Å². The van der Waals surface area contributed by atoms with E-state index in [9.17, 15) is 9.59 Å². The first-order valence-corrected chi connectivity index (χ1v) is 12.7. The van der Waals surface area contributed by atoms with Crippen LogP contribution in [0.2, 0.25) is 0 Å². The molecule has 1 heterocycles. The fraction of sp³-hybridized carbons (Fsp3) is 0.517. The number of amides is 1. The van der Waals surface area contributed by atoms with Crippen LogP contribution in [0.15, 0.2) is 30.3 Å². The van der Waals surface area contributed by atoms with Crippen molar-refractivity contribution in [3.8, 4) is 28.7 Å². The maximum atomic E-state index is 13.3. The van der Waals surface area contributed by atoms with Gasteiger partial charge in [-0.25, -0.2) is 0 Å². The van der Waals surface area contributed by atoms with E-state index >= 15 is 0 Å². The Morgan fingerprint density at radius 3 is 2.08 bits per heavy atom. The minimum Gasteiger partial charge on any atom is -0.493 e. The van der Waals surface area contributed by atoms with E-state index in [4.69, 9.17) is 23.7 Å². The van der Waals surface area contributed by atoms with Crippen molar-refractivity contribution in [3.63, 3.8) is 0 Å². The van der Waals surface area contributed by atoms with Gasteiger partial charge in [0.05, 0.1) is 42.0 Å². The molecule has 0 unspecified atom stereocenters. The molecule has 1 atom stereocenters. The summed E-state index contributed by atoms with van der Waals surface area (Å²) < 4.78 is 26.9. The molecule has 37 heavy (non-hydrogen) atoms. The largest absolute Gasteiger partial charge is 0.493 e. The van der Waals surface area contributed by atoms with E-state index in [-0.39, 0.29) is 24.2 Å². The summed E-state index contributed by atoms with van der Waals surface area (Å²) in [4.78, 5) is 28.1. The second-order valence-electron chi connectivity index (χ2n) is 9.23. The molecule has 1 aliphatic rings. The normalized spacial score (nSPS) is 15.2. The molecule has 0 radical (unpaired) electrons. The van der Waals surface area contributed by atoms with Crippen molar-refractivity contribution in [3.05, 3.63) is 41.5 Å². The lowest BCUT2D eigenvalue weighted by atomic mass is 9.94. The maximum Gasteiger partial charge on any atom is 0.227 e. The second kappa shape index (κ2) is 13.8. The number of hydrogen-bond donors (Lipinski definition) is 0. The Labute approximate surface area is 219 Å². The number of methoxy groups -OCH3 is 5. The third-order valence-electron chi connectivity index (χ3n) is 6.86. The molecular formula is C29H39NO7. The summed E-state index contributed by atoms with van der Waals surface area (Å²) in [5.74, 6) is 3.12. The number of hydrogen-bond acceptors (Lipinski definition) is 7. The van der Waals surface area contributed by atoms with Gasteiger partial charge in [-0.3, -0.25) is 9.59 Å². The fourth-order valence-corrected chi connectivity index (χ4v) is 4.95. The minimum absolute atomic E-state index is 0.0112. The van der Waals surface area contributed by atoms with Crippen LogP contribution in [0, 0.1) is 0 Å². The Balaban J connectivity index is 1.58. The van der Waals surface area contributed by atoms with Crippen molar-refractivity contribution in [2.75, 3.05) is 42.1 Å². The zero-order valence-corrected chi connectivity index (χ0v) is 22.6. The highest BCUT2D eigenvalue weighted by molar-refractivity contribution is 5.82. The van der Waals surface area contributed by atoms with Crippen LogP contribution in [0.1, 0.15) is 49.7 Å². The van der Waals surface area contributed by atoms with Crippen molar-refractivity contribution in [1.29, 1.82) is 0 Å². The first kappa shape index (κ1) is 28.2. The van der Waals surface area contributed by atoms with Crippen molar-refractivity contribution in [1.82, 2.24) is 4.90 Å². The van der Waals surface area contributed by atoms with E-state index < -0.39 is 0 Å². The first-order valence-electron chi connectivity index (χ1n) is 12.7. The van der Waals surface area contributed by atoms with Gasteiger partial charge in [-0.2, -0.15) is 0 Å². The van der Waals surface area contributed by atoms with E-state index in [2.05, 4.69) is 0 Å². The molecule has 8 nitrogen and oxygen atoms in total. The molecule has 2 aromatic carbocycles. The monoisotopic (exact) mass is 513 g/mol. The molecule has 1 aliphatic heterocycles. The molecule has 0 bridgehead atoms. The van der Waals surface area contributed by atoms with Crippen LogP contribution < -0.4 is 23.7 Å². The average molecular weight is 514 g/mol. The molecule has 0 N–H and O–H groups in total. The Bertz CT molecular complexity index is 1040. The van der Waals surface area contributed by atoms with Crippen molar-refractivity contribution in [2.45, 2.75) is 57.4 Å². The average Bonchev–Trinajstić information content (AvgIpc) is 2.92. The molecule has 0 aromatic heterocycles. The lowest BCUT2D eigenvalue weighted by Crippen LogP contribution is -2.45. The van der Waals surface area contributed by atoms with Crippen LogP contribution in [0.5, 0.6) is 28.7 Å². The number of rotatable bonds is 13. The zero-order valence-electron chi connectivity index (χ0n) is 22.6. The summed E-state index contributed by atoms with van der Waals surface area (Å²) in [6, 6.07) is 9.38. The highest BCUT2D eigenvalue weighted by Gasteiger charge is 2.28. The smallest absolute Gasteiger partial charge is 0.227 e. The Morgan fingerprint density at radius 2 is 1.46 bits per heavy atom. The molecule has 3 rings (SSSR count). The van der Waals surface area contributed by atoms with Crippen LogP contribution in [0.3, 0.4) is 0 Å². The molecule has 8 heteroatoms. The van der Waals surface area contributed by atoms with E-state index in [1.807, 2.05) is 23.1 Å². The van der Waals surface area contributed by atoms with Crippen LogP contribution in [0.4, 0.5) is 0 Å². The maximum absolute atomic E-state index is 13.3. The van der Waals surface area contributed by atoms with Gasteiger partial charge < -0.3 is 28.6 Å². The number of piperidine rings is 1. The predicted molar refractivity (Wildman–Crippen MR) is 141 cm³/mol. The Kier molecular flexibility index (Phi) is 10.5. The summed E-state index contributed by atoms with van der Waals surface area (Å²) >= 11 is 0. The van der Waals surface area contributed by atoms with Gasteiger partial charge in [0.25, 0.3) is 0 Å². The predicted octanol–water partition coefficient (Wildman–Crippen LogP) is 4.64. The summed E-state index contributed by atoms with van der Waals surface area (Å²) in [6.07, 6.45) is 5.44. The van der Waals surface area contributed by atoms with Crippen molar-refractivity contribution in [2.24, 2.45) is 0 Å². The number of aryl methyl sites for hydroxylation is 1. The Hall–Kier alpha value is -3.42. The SMILES string of the molecule is COc1ccc(CCCC(=O)C[C@@H]2CCCCN2C(=O)Cc2cc(OC)c(OC)c(OC)c2)cc1OC. The van der Waals surface area contributed by atoms with Gasteiger partial charge >= 0.3 is 0 Å². The molecule has 0 spiro atoms. The molecule has 1 saturated heterocycles. The van der Waals surface area contributed by atoms with Crippen LogP contribution >= 0.6 is 0 Å². The zero-order chi connectivity index (χ0) is 26.8. The van der Waals surface area contributed by atoms with Crippen LogP contribution in [-0.2, 0) is 22.4 Å². The van der Waals surface area contributed by atoms with E-state index in [0.29, 0.717) is 48.1 Å². The molecule has 202 valence electrons. The lowest BCUT2D eigenvalue weighted by molar-refractivity contribution is -0.135. The van der Waals surface area contributed by atoms with Crippen molar-refractivity contribution < 1.29 is 33.3 Å². The molecule has 0 saturated carbocycles. The quantitative estimate of drug-likeness (QED) is 0.386. The minimum atomic E-state index is -0.0585. The number of ketones is 1. The van der Waals surface area contributed by atoms with Crippen LogP contribution in [-0.4, -0.2) is 64.7 Å². The highest BCUT2D eigenvalue weighted by atomic mass is 16.5. The van der Waals surface area contributed by atoms with Gasteiger partial charge in [-0.05, 0) is 67.5 Å². The van der Waals surface area contributed by atoms with E-state index in [0.717, 1.165) is 43.2 Å².